The Balaban J connectivity index is 1.52. The van der Waals surface area contributed by atoms with Crippen molar-refractivity contribution in [2.75, 3.05) is 6.54 Å². The average Bonchev–Trinajstić information content (AvgIpc) is 2.89. The van der Waals surface area contributed by atoms with Crippen LogP contribution in [0.2, 0.25) is 0 Å². The van der Waals surface area contributed by atoms with Crippen LogP contribution in [0.4, 0.5) is 0 Å². The standard InChI is InChI=1S/C19H33N/c1-2-20-18(10-14-5-3-4-6-14)19-11-15-7-16(12-19)9-17(8-15)13-19/h14-18,20H,2-13H2,1H3. The van der Waals surface area contributed by atoms with E-state index >= 15 is 0 Å². The van der Waals surface area contributed by atoms with Crippen LogP contribution >= 0.6 is 0 Å². The molecule has 5 aliphatic rings. The van der Waals surface area contributed by atoms with Crippen molar-refractivity contribution >= 4 is 0 Å². The minimum absolute atomic E-state index is 0.716. The number of hydrogen-bond acceptors (Lipinski definition) is 1. The minimum atomic E-state index is 0.716. The van der Waals surface area contributed by atoms with Crippen molar-refractivity contribution in [1.29, 1.82) is 0 Å². The molecular formula is C19H33N. The molecule has 1 nitrogen and oxygen atoms in total. The predicted molar refractivity (Wildman–Crippen MR) is 84.6 cm³/mol. The molecule has 0 saturated heterocycles. The van der Waals surface area contributed by atoms with Crippen molar-refractivity contribution in [2.24, 2.45) is 29.1 Å². The third-order valence-electron chi connectivity index (χ3n) is 7.32. The monoisotopic (exact) mass is 275 g/mol. The van der Waals surface area contributed by atoms with Crippen molar-refractivity contribution in [3.8, 4) is 0 Å². The van der Waals surface area contributed by atoms with Gasteiger partial charge in [0.1, 0.15) is 0 Å². The minimum Gasteiger partial charge on any atom is -0.314 e. The largest absolute Gasteiger partial charge is 0.314 e. The van der Waals surface area contributed by atoms with Gasteiger partial charge in [0, 0.05) is 6.04 Å². The molecule has 0 aliphatic heterocycles. The quantitative estimate of drug-likeness (QED) is 0.762. The van der Waals surface area contributed by atoms with Gasteiger partial charge in [0.2, 0.25) is 0 Å². The van der Waals surface area contributed by atoms with Gasteiger partial charge in [-0.1, -0.05) is 32.6 Å². The van der Waals surface area contributed by atoms with Crippen LogP contribution in [0.1, 0.15) is 77.6 Å². The molecule has 5 rings (SSSR count). The fourth-order valence-corrected chi connectivity index (χ4v) is 6.98. The molecule has 0 radical (unpaired) electrons. The maximum atomic E-state index is 3.97. The Bertz CT molecular complexity index is 306. The first-order chi connectivity index (χ1) is 9.77. The summed E-state index contributed by atoms with van der Waals surface area (Å²) in [6.07, 6.45) is 17.0. The first-order valence-corrected chi connectivity index (χ1v) is 9.51. The van der Waals surface area contributed by atoms with Crippen LogP contribution in [-0.4, -0.2) is 12.6 Å². The second-order valence-electron chi connectivity index (χ2n) is 8.78. The van der Waals surface area contributed by atoms with Crippen LogP contribution in [0.5, 0.6) is 0 Å². The van der Waals surface area contributed by atoms with Crippen molar-refractivity contribution in [1.82, 2.24) is 5.32 Å². The van der Waals surface area contributed by atoms with Gasteiger partial charge in [0.25, 0.3) is 0 Å². The zero-order chi connectivity index (χ0) is 13.6. The van der Waals surface area contributed by atoms with Crippen LogP contribution in [-0.2, 0) is 0 Å². The average molecular weight is 275 g/mol. The van der Waals surface area contributed by atoms with E-state index in [0.717, 1.165) is 29.7 Å². The highest BCUT2D eigenvalue weighted by molar-refractivity contribution is 5.06. The maximum absolute atomic E-state index is 3.97. The molecular weight excluding hydrogens is 242 g/mol. The Morgan fingerprint density at radius 3 is 2.00 bits per heavy atom. The van der Waals surface area contributed by atoms with Crippen LogP contribution in [0.3, 0.4) is 0 Å². The summed E-state index contributed by atoms with van der Waals surface area (Å²) in [6.45, 7) is 3.50. The Labute approximate surface area is 125 Å². The molecule has 1 atom stereocenters. The van der Waals surface area contributed by atoms with Crippen molar-refractivity contribution in [3.05, 3.63) is 0 Å². The first kappa shape index (κ1) is 13.6. The fraction of sp³-hybridized carbons (Fsp3) is 1.00. The summed E-state index contributed by atoms with van der Waals surface area (Å²) >= 11 is 0. The van der Waals surface area contributed by atoms with E-state index in [0.29, 0.717) is 5.41 Å². The molecule has 1 unspecified atom stereocenters. The van der Waals surface area contributed by atoms with E-state index in [1.165, 1.54) is 38.6 Å². The lowest BCUT2D eigenvalue weighted by Crippen LogP contribution is -2.56. The Hall–Kier alpha value is -0.0400. The zero-order valence-electron chi connectivity index (χ0n) is 13.4. The summed E-state index contributed by atoms with van der Waals surface area (Å²) in [5.74, 6) is 4.36. The molecule has 0 amide bonds. The van der Waals surface area contributed by atoms with Gasteiger partial charge in [-0.05, 0) is 80.6 Å². The molecule has 0 aromatic rings. The molecule has 5 fully saturated rings. The Kier molecular flexibility index (Phi) is 3.61. The molecule has 0 aromatic carbocycles. The van der Waals surface area contributed by atoms with E-state index in [1.54, 1.807) is 38.5 Å². The second kappa shape index (κ2) is 5.30. The van der Waals surface area contributed by atoms with Gasteiger partial charge in [-0.2, -0.15) is 0 Å². The van der Waals surface area contributed by atoms with E-state index in [1.807, 2.05) is 0 Å². The van der Waals surface area contributed by atoms with Crippen molar-refractivity contribution in [3.63, 3.8) is 0 Å². The molecule has 0 heterocycles. The fourth-order valence-electron chi connectivity index (χ4n) is 6.98. The molecule has 0 spiro atoms. The smallest absolute Gasteiger partial charge is 0.0126 e. The van der Waals surface area contributed by atoms with E-state index in [9.17, 15) is 0 Å². The van der Waals surface area contributed by atoms with Crippen LogP contribution in [0.25, 0.3) is 0 Å². The number of rotatable bonds is 5. The number of nitrogens with one attached hydrogen (secondary N) is 1. The van der Waals surface area contributed by atoms with Crippen molar-refractivity contribution in [2.45, 2.75) is 83.6 Å². The SMILES string of the molecule is CCNC(CC1CCCC1)C12CC3CC(CC(C3)C1)C2. The lowest BCUT2D eigenvalue weighted by Gasteiger charge is -2.60. The second-order valence-corrected chi connectivity index (χ2v) is 8.78. The Morgan fingerprint density at radius 2 is 1.50 bits per heavy atom. The lowest BCUT2D eigenvalue weighted by molar-refractivity contribution is -0.0773. The van der Waals surface area contributed by atoms with Gasteiger partial charge in [0.05, 0.1) is 0 Å². The summed E-state index contributed by atoms with van der Waals surface area (Å²) in [4.78, 5) is 0. The summed E-state index contributed by atoms with van der Waals surface area (Å²) in [5, 5.41) is 3.97. The summed E-state index contributed by atoms with van der Waals surface area (Å²) in [5.41, 5.74) is 0.716. The molecule has 4 bridgehead atoms. The highest BCUT2D eigenvalue weighted by atomic mass is 14.9. The molecule has 5 saturated carbocycles. The van der Waals surface area contributed by atoms with Gasteiger partial charge in [-0.15, -0.1) is 0 Å². The highest BCUT2D eigenvalue weighted by Gasteiger charge is 2.54. The lowest BCUT2D eigenvalue weighted by atomic mass is 9.47. The summed E-state index contributed by atoms with van der Waals surface area (Å²) in [6, 6.07) is 0.851. The van der Waals surface area contributed by atoms with Gasteiger partial charge in [0.15, 0.2) is 0 Å². The van der Waals surface area contributed by atoms with Gasteiger partial charge >= 0.3 is 0 Å². The normalized spacial score (nSPS) is 45.1. The zero-order valence-corrected chi connectivity index (χ0v) is 13.4. The molecule has 0 aromatic heterocycles. The van der Waals surface area contributed by atoms with E-state index in [2.05, 4.69) is 12.2 Å². The summed E-state index contributed by atoms with van der Waals surface area (Å²) < 4.78 is 0. The maximum Gasteiger partial charge on any atom is 0.0126 e. The highest BCUT2D eigenvalue weighted by Crippen LogP contribution is 2.62. The van der Waals surface area contributed by atoms with Gasteiger partial charge in [-0.3, -0.25) is 0 Å². The third-order valence-corrected chi connectivity index (χ3v) is 7.32. The van der Waals surface area contributed by atoms with Crippen LogP contribution < -0.4 is 5.32 Å². The van der Waals surface area contributed by atoms with Gasteiger partial charge < -0.3 is 5.32 Å². The predicted octanol–water partition coefficient (Wildman–Crippen LogP) is 4.76. The van der Waals surface area contributed by atoms with E-state index in [4.69, 9.17) is 0 Å². The molecule has 5 aliphatic carbocycles. The van der Waals surface area contributed by atoms with Crippen molar-refractivity contribution < 1.29 is 0 Å². The van der Waals surface area contributed by atoms with Gasteiger partial charge in [-0.25, -0.2) is 0 Å². The summed E-state index contributed by atoms with van der Waals surface area (Å²) in [7, 11) is 0. The third kappa shape index (κ3) is 2.34. The molecule has 1 N–H and O–H groups in total. The van der Waals surface area contributed by atoms with Crippen LogP contribution in [0.15, 0.2) is 0 Å². The topological polar surface area (TPSA) is 12.0 Å². The van der Waals surface area contributed by atoms with E-state index in [-0.39, 0.29) is 0 Å². The molecule has 114 valence electrons. The molecule has 20 heavy (non-hydrogen) atoms. The number of hydrogen-bond donors (Lipinski definition) is 1. The van der Waals surface area contributed by atoms with E-state index < -0.39 is 0 Å². The first-order valence-electron chi connectivity index (χ1n) is 9.51. The molecule has 1 heteroatoms. The Morgan fingerprint density at radius 1 is 0.950 bits per heavy atom. The van der Waals surface area contributed by atoms with Crippen LogP contribution in [0, 0.1) is 29.1 Å².